The van der Waals surface area contributed by atoms with Crippen molar-refractivity contribution in [3.05, 3.63) is 0 Å². The zero-order valence-corrected chi connectivity index (χ0v) is 8.96. The van der Waals surface area contributed by atoms with Crippen LogP contribution in [0, 0.1) is 5.92 Å². The van der Waals surface area contributed by atoms with Crippen LogP contribution in [-0.2, 0) is 4.79 Å². The minimum absolute atomic E-state index is 0.280. The van der Waals surface area contributed by atoms with Gasteiger partial charge in [-0.1, -0.05) is 6.92 Å². The molecule has 2 aliphatic rings. The highest BCUT2D eigenvalue weighted by Gasteiger charge is 2.33. The maximum atomic E-state index is 12.0. The van der Waals surface area contributed by atoms with Crippen molar-refractivity contribution in [2.75, 3.05) is 19.6 Å². The summed E-state index contributed by atoms with van der Waals surface area (Å²) in [5, 5.41) is 3.17. The van der Waals surface area contributed by atoms with Crippen molar-refractivity contribution in [2.45, 2.75) is 38.6 Å². The molecule has 3 nitrogen and oxygen atoms in total. The first-order valence-corrected chi connectivity index (χ1v) is 5.84. The summed E-state index contributed by atoms with van der Waals surface area (Å²) >= 11 is 0. The van der Waals surface area contributed by atoms with Crippen molar-refractivity contribution >= 4 is 5.91 Å². The van der Waals surface area contributed by atoms with E-state index in [1.165, 1.54) is 19.3 Å². The Bertz CT molecular complexity index is 213. The normalized spacial score (nSPS) is 28.6. The second-order valence-electron chi connectivity index (χ2n) is 4.44. The number of carbonyl (C=O) groups is 1. The third-order valence-electron chi connectivity index (χ3n) is 3.51. The summed E-state index contributed by atoms with van der Waals surface area (Å²) in [4.78, 5) is 14.2. The first-order valence-electron chi connectivity index (χ1n) is 5.84. The molecule has 0 spiro atoms. The number of likely N-dealkylation sites (tertiary alicyclic amines) is 1. The number of hydrogen-bond donors (Lipinski definition) is 1. The molecule has 14 heavy (non-hydrogen) atoms. The van der Waals surface area contributed by atoms with Gasteiger partial charge in [-0.3, -0.25) is 4.79 Å². The van der Waals surface area contributed by atoms with E-state index >= 15 is 0 Å². The van der Waals surface area contributed by atoms with Crippen LogP contribution < -0.4 is 5.32 Å². The topological polar surface area (TPSA) is 32.3 Å². The molecule has 0 aromatic heterocycles. The second-order valence-corrected chi connectivity index (χ2v) is 4.44. The summed E-state index contributed by atoms with van der Waals surface area (Å²) < 4.78 is 0. The Morgan fingerprint density at radius 2 is 2.21 bits per heavy atom. The molecule has 2 aliphatic heterocycles. The van der Waals surface area contributed by atoms with Gasteiger partial charge >= 0.3 is 0 Å². The maximum absolute atomic E-state index is 12.0. The molecule has 1 N–H and O–H groups in total. The van der Waals surface area contributed by atoms with E-state index in [0.717, 1.165) is 26.1 Å². The fraction of sp³-hybridized carbons (Fsp3) is 0.909. The van der Waals surface area contributed by atoms with Crippen molar-refractivity contribution < 1.29 is 4.79 Å². The maximum Gasteiger partial charge on any atom is 0.228 e. The zero-order valence-electron chi connectivity index (χ0n) is 8.96. The van der Waals surface area contributed by atoms with Crippen LogP contribution in [0.5, 0.6) is 0 Å². The van der Waals surface area contributed by atoms with Gasteiger partial charge in [-0.05, 0) is 25.7 Å². The molecule has 2 rings (SSSR count). The largest absolute Gasteiger partial charge is 0.339 e. The number of amides is 1. The SMILES string of the molecule is CCC1CCCCN1C(=O)C1CNC1. The molecule has 1 atom stereocenters. The molecule has 2 heterocycles. The smallest absolute Gasteiger partial charge is 0.228 e. The Kier molecular flexibility index (Phi) is 3.06. The Balaban J connectivity index is 1.95. The lowest BCUT2D eigenvalue weighted by atomic mass is 9.95. The molecule has 1 amide bonds. The average Bonchev–Trinajstić information content (AvgIpc) is 2.15. The highest BCUT2D eigenvalue weighted by atomic mass is 16.2. The summed E-state index contributed by atoms with van der Waals surface area (Å²) in [7, 11) is 0. The first-order chi connectivity index (χ1) is 6.83. The molecule has 2 fully saturated rings. The minimum Gasteiger partial charge on any atom is -0.339 e. The standard InChI is InChI=1S/C11H20N2O/c1-2-10-5-3-4-6-13(10)11(14)9-7-12-8-9/h9-10,12H,2-8H2,1H3. The third kappa shape index (κ3) is 1.78. The lowest BCUT2D eigenvalue weighted by Gasteiger charge is -2.39. The van der Waals surface area contributed by atoms with E-state index in [2.05, 4.69) is 17.1 Å². The zero-order chi connectivity index (χ0) is 9.97. The number of nitrogens with one attached hydrogen (secondary N) is 1. The van der Waals surface area contributed by atoms with Crippen LogP contribution in [0.3, 0.4) is 0 Å². The number of hydrogen-bond acceptors (Lipinski definition) is 2. The molecule has 1 unspecified atom stereocenters. The number of nitrogens with zero attached hydrogens (tertiary/aromatic N) is 1. The van der Waals surface area contributed by atoms with E-state index in [1.54, 1.807) is 0 Å². The molecule has 2 saturated heterocycles. The van der Waals surface area contributed by atoms with E-state index in [1.807, 2.05) is 0 Å². The Morgan fingerprint density at radius 3 is 2.79 bits per heavy atom. The van der Waals surface area contributed by atoms with Gasteiger partial charge in [0.25, 0.3) is 0 Å². The van der Waals surface area contributed by atoms with E-state index in [0.29, 0.717) is 11.9 Å². The van der Waals surface area contributed by atoms with Crippen LogP contribution in [0.4, 0.5) is 0 Å². The molecule has 0 aromatic rings. The summed E-state index contributed by atoms with van der Waals surface area (Å²) in [5.41, 5.74) is 0. The van der Waals surface area contributed by atoms with Gasteiger partial charge in [0.2, 0.25) is 5.91 Å². The van der Waals surface area contributed by atoms with Crippen LogP contribution >= 0.6 is 0 Å². The first kappa shape index (κ1) is 9.97. The van der Waals surface area contributed by atoms with E-state index < -0.39 is 0 Å². The predicted molar refractivity (Wildman–Crippen MR) is 56.0 cm³/mol. The van der Waals surface area contributed by atoms with Gasteiger partial charge in [0.05, 0.1) is 5.92 Å². The van der Waals surface area contributed by atoms with Crippen LogP contribution in [0.1, 0.15) is 32.6 Å². The highest BCUT2D eigenvalue weighted by molar-refractivity contribution is 5.80. The molecule has 0 radical (unpaired) electrons. The molecular formula is C11H20N2O. The van der Waals surface area contributed by atoms with Crippen molar-refractivity contribution in [1.29, 1.82) is 0 Å². The van der Waals surface area contributed by atoms with Gasteiger partial charge in [-0.2, -0.15) is 0 Å². The lowest BCUT2D eigenvalue weighted by Crippen LogP contribution is -2.55. The van der Waals surface area contributed by atoms with Crippen LogP contribution in [0.25, 0.3) is 0 Å². The summed E-state index contributed by atoms with van der Waals surface area (Å²) in [5.74, 6) is 0.678. The summed E-state index contributed by atoms with van der Waals surface area (Å²) in [6.07, 6.45) is 4.82. The third-order valence-corrected chi connectivity index (χ3v) is 3.51. The number of carbonyl (C=O) groups excluding carboxylic acids is 1. The predicted octanol–water partition coefficient (Wildman–Crippen LogP) is 0.997. The van der Waals surface area contributed by atoms with Gasteiger partial charge in [0.1, 0.15) is 0 Å². The minimum atomic E-state index is 0.280. The quantitative estimate of drug-likeness (QED) is 0.714. The molecule has 80 valence electrons. The molecule has 3 heteroatoms. The molecular weight excluding hydrogens is 176 g/mol. The van der Waals surface area contributed by atoms with Crippen molar-refractivity contribution in [3.63, 3.8) is 0 Å². The fourth-order valence-corrected chi connectivity index (χ4v) is 2.41. The van der Waals surface area contributed by atoms with Gasteiger partial charge in [0.15, 0.2) is 0 Å². The van der Waals surface area contributed by atoms with E-state index in [-0.39, 0.29) is 5.92 Å². The van der Waals surface area contributed by atoms with E-state index in [9.17, 15) is 4.79 Å². The number of piperidine rings is 1. The van der Waals surface area contributed by atoms with Gasteiger partial charge in [-0.15, -0.1) is 0 Å². The molecule has 0 saturated carbocycles. The van der Waals surface area contributed by atoms with Crippen molar-refractivity contribution in [2.24, 2.45) is 5.92 Å². The second kappa shape index (κ2) is 4.30. The number of rotatable bonds is 2. The highest BCUT2D eigenvalue weighted by Crippen LogP contribution is 2.22. The average molecular weight is 196 g/mol. The fourth-order valence-electron chi connectivity index (χ4n) is 2.41. The monoisotopic (exact) mass is 196 g/mol. The van der Waals surface area contributed by atoms with Gasteiger partial charge < -0.3 is 10.2 Å². The Labute approximate surface area is 85.8 Å². The van der Waals surface area contributed by atoms with Gasteiger partial charge in [0, 0.05) is 25.7 Å². The lowest BCUT2D eigenvalue weighted by molar-refractivity contribution is -0.140. The van der Waals surface area contributed by atoms with E-state index in [4.69, 9.17) is 0 Å². The van der Waals surface area contributed by atoms with Crippen molar-refractivity contribution in [3.8, 4) is 0 Å². The van der Waals surface area contributed by atoms with Crippen LogP contribution in [0.15, 0.2) is 0 Å². The van der Waals surface area contributed by atoms with Crippen LogP contribution in [-0.4, -0.2) is 36.5 Å². The molecule has 0 aliphatic carbocycles. The van der Waals surface area contributed by atoms with Gasteiger partial charge in [-0.25, -0.2) is 0 Å². The summed E-state index contributed by atoms with van der Waals surface area (Å²) in [6.45, 7) is 4.97. The van der Waals surface area contributed by atoms with Crippen molar-refractivity contribution in [1.82, 2.24) is 10.2 Å². The van der Waals surface area contributed by atoms with Crippen LogP contribution in [0.2, 0.25) is 0 Å². The molecule has 0 bridgehead atoms. The summed E-state index contributed by atoms with van der Waals surface area (Å²) in [6, 6.07) is 0.525. The molecule has 0 aromatic carbocycles. The Morgan fingerprint density at radius 1 is 1.43 bits per heavy atom. The Hall–Kier alpha value is -0.570.